The average molecular weight is 476 g/mol. The highest BCUT2D eigenvalue weighted by Crippen LogP contribution is 2.29. The number of fused-ring (bicyclic) bond motifs is 1. The van der Waals surface area contributed by atoms with E-state index < -0.39 is 0 Å². The third-order valence-electron chi connectivity index (χ3n) is 5.46. The van der Waals surface area contributed by atoms with Gasteiger partial charge in [-0.05, 0) is 42.3 Å². The number of imidazole rings is 1. The monoisotopic (exact) mass is 475 g/mol. The van der Waals surface area contributed by atoms with Gasteiger partial charge in [-0.3, -0.25) is 14.6 Å². The molecule has 0 bridgehead atoms. The molecule has 2 aromatic carbocycles. The van der Waals surface area contributed by atoms with E-state index >= 15 is 0 Å². The summed E-state index contributed by atoms with van der Waals surface area (Å²) in [6.07, 6.45) is 2.02. The van der Waals surface area contributed by atoms with Crippen LogP contribution < -0.4 is 10.6 Å². The minimum absolute atomic E-state index is 0.241. The molecule has 0 aliphatic heterocycles. The van der Waals surface area contributed by atoms with Gasteiger partial charge >= 0.3 is 0 Å². The quantitative estimate of drug-likeness (QED) is 0.384. The fourth-order valence-corrected chi connectivity index (χ4v) is 3.91. The highest BCUT2D eigenvalue weighted by atomic mass is 19.1. The van der Waals surface area contributed by atoms with Crippen LogP contribution in [0.15, 0.2) is 60.8 Å². The zero-order chi connectivity index (χ0) is 24.8. The number of ether oxygens (including phenoxy) is 1. The maximum atomic E-state index is 14.0. The van der Waals surface area contributed by atoms with Crippen LogP contribution in [0.3, 0.4) is 0 Å². The van der Waals surface area contributed by atoms with Crippen LogP contribution in [0.5, 0.6) is 0 Å². The molecule has 2 aromatic heterocycles. The Hall–Kier alpha value is -4.11. The first-order valence-corrected chi connectivity index (χ1v) is 11.2. The Morgan fingerprint density at radius 3 is 2.63 bits per heavy atom. The second-order valence-corrected chi connectivity index (χ2v) is 7.96. The number of carbonyl (C=O) groups is 2. The molecule has 2 amide bonds. The number of hydrogen-bond acceptors (Lipinski definition) is 5. The summed E-state index contributed by atoms with van der Waals surface area (Å²) in [5, 5.41) is 5.61. The number of nitrogens with one attached hydrogen (secondary N) is 2. The number of nitrogens with zero attached hydrogens (tertiary/aromatic N) is 3. The average Bonchev–Trinajstić information content (AvgIpc) is 3.21. The van der Waals surface area contributed by atoms with Gasteiger partial charge in [-0.15, -0.1) is 0 Å². The van der Waals surface area contributed by atoms with E-state index in [1.807, 2.05) is 22.8 Å². The van der Waals surface area contributed by atoms with Crippen LogP contribution >= 0.6 is 0 Å². The molecule has 8 nitrogen and oxygen atoms in total. The summed E-state index contributed by atoms with van der Waals surface area (Å²) in [4.78, 5) is 34.2. The van der Waals surface area contributed by atoms with Crippen LogP contribution in [-0.4, -0.2) is 46.6 Å². The van der Waals surface area contributed by atoms with Crippen molar-refractivity contribution < 1.29 is 18.7 Å². The smallest absolute Gasteiger partial charge is 0.253 e. The van der Waals surface area contributed by atoms with Crippen molar-refractivity contribution in [3.05, 3.63) is 77.7 Å². The summed E-state index contributed by atoms with van der Waals surface area (Å²) in [7, 11) is 1.60. The van der Waals surface area contributed by atoms with Gasteiger partial charge in [0.25, 0.3) is 5.91 Å². The number of benzene rings is 2. The van der Waals surface area contributed by atoms with Crippen molar-refractivity contribution in [2.45, 2.75) is 19.9 Å². The molecule has 0 radical (unpaired) electrons. The SMILES string of the molecule is COCCn1c(-c2ccccn2)nc2cc(NC(C)=O)cc(C(=O)NCCc3ccccc3F)c21. The molecule has 0 fully saturated rings. The van der Waals surface area contributed by atoms with E-state index in [2.05, 4.69) is 15.6 Å². The van der Waals surface area contributed by atoms with Crippen LogP contribution in [-0.2, 0) is 22.5 Å². The van der Waals surface area contributed by atoms with Crippen LogP contribution in [0.1, 0.15) is 22.8 Å². The Kier molecular flexibility index (Phi) is 7.47. The third kappa shape index (κ3) is 5.52. The number of aromatic nitrogens is 3. The first-order chi connectivity index (χ1) is 17.0. The first-order valence-electron chi connectivity index (χ1n) is 11.2. The van der Waals surface area contributed by atoms with E-state index in [0.29, 0.717) is 58.9 Å². The highest BCUT2D eigenvalue weighted by molar-refractivity contribution is 6.08. The number of rotatable bonds is 9. The van der Waals surface area contributed by atoms with E-state index in [9.17, 15) is 14.0 Å². The van der Waals surface area contributed by atoms with Crippen molar-refractivity contribution in [1.29, 1.82) is 0 Å². The fraction of sp³-hybridized carbons (Fsp3) is 0.231. The first kappa shape index (κ1) is 24.0. The molecule has 0 aliphatic carbocycles. The standard InChI is InChI=1S/C26H26FN5O3/c1-17(33)30-19-15-20(26(34)29-12-10-18-7-3-4-8-21(18)27)24-23(16-19)31-25(32(24)13-14-35-2)22-9-5-6-11-28-22/h3-9,11,15-16H,10,12-14H2,1-2H3,(H,29,34)(H,30,33). The van der Waals surface area contributed by atoms with Crippen LogP contribution in [0.4, 0.5) is 10.1 Å². The summed E-state index contributed by atoms with van der Waals surface area (Å²) in [6.45, 7) is 2.47. The molecule has 0 aliphatic rings. The molecule has 0 saturated carbocycles. The largest absolute Gasteiger partial charge is 0.383 e. The lowest BCUT2D eigenvalue weighted by molar-refractivity contribution is -0.114. The maximum Gasteiger partial charge on any atom is 0.253 e. The van der Waals surface area contributed by atoms with Gasteiger partial charge in [0.2, 0.25) is 5.91 Å². The lowest BCUT2D eigenvalue weighted by atomic mass is 10.1. The van der Waals surface area contributed by atoms with Crippen molar-refractivity contribution in [1.82, 2.24) is 19.9 Å². The molecule has 4 aromatic rings. The molecule has 180 valence electrons. The molecule has 0 unspecified atom stereocenters. The normalized spacial score (nSPS) is 10.9. The van der Waals surface area contributed by atoms with Crippen molar-refractivity contribution in [2.24, 2.45) is 0 Å². The molecular weight excluding hydrogens is 449 g/mol. The predicted molar refractivity (Wildman–Crippen MR) is 132 cm³/mol. The Morgan fingerprint density at radius 2 is 1.91 bits per heavy atom. The Balaban J connectivity index is 1.75. The van der Waals surface area contributed by atoms with Gasteiger partial charge in [-0.25, -0.2) is 9.37 Å². The summed E-state index contributed by atoms with van der Waals surface area (Å²) in [5.74, 6) is -0.351. The number of amides is 2. The van der Waals surface area contributed by atoms with E-state index in [4.69, 9.17) is 9.72 Å². The minimum Gasteiger partial charge on any atom is -0.383 e. The maximum absolute atomic E-state index is 14.0. The van der Waals surface area contributed by atoms with Gasteiger partial charge in [-0.1, -0.05) is 24.3 Å². The van der Waals surface area contributed by atoms with E-state index in [-0.39, 0.29) is 24.2 Å². The van der Waals surface area contributed by atoms with Gasteiger partial charge in [0.1, 0.15) is 11.5 Å². The Bertz CT molecular complexity index is 1350. The zero-order valence-electron chi connectivity index (χ0n) is 19.5. The predicted octanol–water partition coefficient (Wildman–Crippen LogP) is 3.81. The number of carbonyl (C=O) groups excluding carboxylic acids is 2. The number of methoxy groups -OCH3 is 1. The molecule has 0 spiro atoms. The van der Waals surface area contributed by atoms with Gasteiger partial charge in [0.15, 0.2) is 5.82 Å². The van der Waals surface area contributed by atoms with Crippen molar-refractivity contribution >= 4 is 28.5 Å². The van der Waals surface area contributed by atoms with E-state index in [1.54, 1.807) is 43.6 Å². The van der Waals surface area contributed by atoms with Crippen molar-refractivity contribution in [3.8, 4) is 11.5 Å². The van der Waals surface area contributed by atoms with Crippen molar-refractivity contribution in [3.63, 3.8) is 0 Å². The number of pyridine rings is 1. The second-order valence-electron chi connectivity index (χ2n) is 7.96. The van der Waals surface area contributed by atoms with Crippen LogP contribution in [0.2, 0.25) is 0 Å². The van der Waals surface area contributed by atoms with Crippen molar-refractivity contribution in [2.75, 3.05) is 25.6 Å². The molecule has 35 heavy (non-hydrogen) atoms. The summed E-state index contributed by atoms with van der Waals surface area (Å²) in [5.41, 5.74) is 3.09. The highest BCUT2D eigenvalue weighted by Gasteiger charge is 2.21. The number of halogens is 1. The Morgan fingerprint density at radius 1 is 1.11 bits per heavy atom. The van der Waals surface area contributed by atoms with E-state index in [1.165, 1.54) is 13.0 Å². The van der Waals surface area contributed by atoms with Gasteiger partial charge in [0.05, 0.1) is 23.2 Å². The molecule has 0 saturated heterocycles. The molecule has 0 atom stereocenters. The zero-order valence-corrected chi connectivity index (χ0v) is 19.5. The molecular formula is C26H26FN5O3. The third-order valence-corrected chi connectivity index (χ3v) is 5.46. The fourth-order valence-electron chi connectivity index (χ4n) is 3.91. The summed E-state index contributed by atoms with van der Waals surface area (Å²) >= 11 is 0. The van der Waals surface area contributed by atoms with Crippen LogP contribution in [0.25, 0.3) is 22.6 Å². The molecule has 4 rings (SSSR count). The van der Waals surface area contributed by atoms with Gasteiger partial charge < -0.3 is 19.9 Å². The van der Waals surface area contributed by atoms with E-state index in [0.717, 1.165) is 0 Å². The molecule has 2 heterocycles. The van der Waals surface area contributed by atoms with Crippen LogP contribution in [0, 0.1) is 5.82 Å². The number of hydrogen-bond donors (Lipinski definition) is 2. The van der Waals surface area contributed by atoms with Gasteiger partial charge in [0, 0.05) is 39.0 Å². The Labute approximate surface area is 202 Å². The summed E-state index contributed by atoms with van der Waals surface area (Å²) < 4.78 is 21.2. The topological polar surface area (TPSA) is 98.1 Å². The summed E-state index contributed by atoms with van der Waals surface area (Å²) in [6, 6.07) is 15.3. The number of anilines is 1. The van der Waals surface area contributed by atoms with Gasteiger partial charge in [-0.2, -0.15) is 0 Å². The lowest BCUT2D eigenvalue weighted by Gasteiger charge is -2.13. The second kappa shape index (κ2) is 10.9. The molecule has 9 heteroatoms. The molecule has 2 N–H and O–H groups in total. The lowest BCUT2D eigenvalue weighted by Crippen LogP contribution is -2.27. The minimum atomic E-state index is -0.357.